The molecule has 2 aliphatic rings. The van der Waals surface area contributed by atoms with E-state index < -0.39 is 11.4 Å². The summed E-state index contributed by atoms with van der Waals surface area (Å²) in [5.74, 6) is -0.493. The fourth-order valence-corrected chi connectivity index (χ4v) is 5.64. The van der Waals surface area contributed by atoms with Gasteiger partial charge in [-0.15, -0.1) is 0 Å². The second-order valence-corrected chi connectivity index (χ2v) is 10.8. The third-order valence-corrected chi connectivity index (χ3v) is 7.74. The van der Waals surface area contributed by atoms with Crippen LogP contribution < -0.4 is 15.1 Å². The van der Waals surface area contributed by atoms with Gasteiger partial charge in [0.1, 0.15) is 11.3 Å². The summed E-state index contributed by atoms with van der Waals surface area (Å²) >= 11 is 1.66. The van der Waals surface area contributed by atoms with Crippen LogP contribution in [0, 0.1) is 5.41 Å². The highest BCUT2D eigenvalue weighted by Crippen LogP contribution is 2.47. The average Bonchev–Trinajstić information content (AvgIpc) is 3.18. The molecular weight excluding hydrogens is 438 g/mol. The average molecular weight is 466 g/mol. The Morgan fingerprint density at radius 1 is 1.21 bits per heavy atom. The number of thiazole rings is 1. The molecule has 0 aliphatic carbocycles. The molecule has 2 aromatic heterocycles. The molecule has 1 atom stereocenters. The van der Waals surface area contributed by atoms with Crippen molar-refractivity contribution >= 4 is 22.4 Å². The van der Waals surface area contributed by atoms with Gasteiger partial charge < -0.3 is 19.3 Å². The van der Waals surface area contributed by atoms with Crippen molar-refractivity contribution in [3.8, 4) is 27.4 Å². The number of carboxylic acid groups (broad SMARTS) is 1. The molecule has 1 aromatic carbocycles. The van der Waals surface area contributed by atoms with Crippen molar-refractivity contribution in [2.45, 2.75) is 39.7 Å². The number of fused-ring (bicyclic) bond motifs is 3. The number of anilines is 1. The number of hydrogen-bond acceptors (Lipinski definition) is 6. The number of carbonyl (C=O) groups is 1. The van der Waals surface area contributed by atoms with E-state index in [1.807, 2.05) is 16.8 Å². The lowest BCUT2D eigenvalue weighted by Crippen LogP contribution is -2.36. The van der Waals surface area contributed by atoms with E-state index in [0.717, 1.165) is 51.9 Å². The molecule has 2 aliphatic heterocycles. The van der Waals surface area contributed by atoms with Gasteiger partial charge in [0.2, 0.25) is 0 Å². The van der Waals surface area contributed by atoms with Gasteiger partial charge in [0.25, 0.3) is 0 Å². The lowest BCUT2D eigenvalue weighted by Gasteiger charge is -2.39. The standard InChI is InChI=1S/C25H27N3O4S/c1-25(2,3)22-9-14-8-16(21-12-26-24(33-21)27-6-5-7-27)20(32-4)10-15(14)18-11-19(29)17(23(30)31)13-28(18)22/h8,10-13,22H,5-7,9H2,1-4H3,(H,30,31). The predicted molar refractivity (Wildman–Crippen MR) is 130 cm³/mol. The van der Waals surface area contributed by atoms with Crippen LogP contribution in [0.15, 0.2) is 35.4 Å². The highest BCUT2D eigenvalue weighted by Gasteiger charge is 2.34. The molecule has 1 fully saturated rings. The number of pyridine rings is 1. The summed E-state index contributed by atoms with van der Waals surface area (Å²) in [6.07, 6.45) is 5.34. The van der Waals surface area contributed by atoms with Crippen LogP contribution in [0.1, 0.15) is 49.2 Å². The van der Waals surface area contributed by atoms with E-state index in [1.54, 1.807) is 18.4 Å². The monoisotopic (exact) mass is 465 g/mol. The number of aromatic nitrogens is 2. The van der Waals surface area contributed by atoms with Crippen molar-refractivity contribution in [1.82, 2.24) is 9.55 Å². The first-order chi connectivity index (χ1) is 15.7. The lowest BCUT2D eigenvalue weighted by atomic mass is 9.78. The quantitative estimate of drug-likeness (QED) is 0.601. The van der Waals surface area contributed by atoms with E-state index in [2.05, 4.69) is 36.7 Å². The summed E-state index contributed by atoms with van der Waals surface area (Å²) in [6.45, 7) is 8.50. The topological polar surface area (TPSA) is 84.7 Å². The first-order valence-corrected chi connectivity index (χ1v) is 11.9. The lowest BCUT2D eigenvalue weighted by molar-refractivity contribution is 0.0693. The molecule has 172 valence electrons. The third kappa shape index (κ3) is 3.62. The number of ether oxygens (including phenoxy) is 1. The zero-order valence-electron chi connectivity index (χ0n) is 19.2. The van der Waals surface area contributed by atoms with Gasteiger partial charge >= 0.3 is 5.97 Å². The normalized spacial score (nSPS) is 17.2. The molecule has 33 heavy (non-hydrogen) atoms. The number of hydrogen-bond donors (Lipinski definition) is 1. The molecule has 0 bridgehead atoms. The smallest absolute Gasteiger partial charge is 0.341 e. The Balaban J connectivity index is 1.68. The Morgan fingerprint density at radius 2 is 1.97 bits per heavy atom. The van der Waals surface area contributed by atoms with Gasteiger partial charge in [-0.3, -0.25) is 4.79 Å². The van der Waals surface area contributed by atoms with Crippen LogP contribution in [0.3, 0.4) is 0 Å². The van der Waals surface area contributed by atoms with E-state index in [-0.39, 0.29) is 17.0 Å². The van der Waals surface area contributed by atoms with Crippen molar-refractivity contribution in [3.63, 3.8) is 0 Å². The maximum Gasteiger partial charge on any atom is 0.341 e. The van der Waals surface area contributed by atoms with E-state index in [9.17, 15) is 14.7 Å². The zero-order chi connectivity index (χ0) is 23.5. The molecule has 3 aromatic rings. The van der Waals surface area contributed by atoms with Crippen molar-refractivity contribution in [1.29, 1.82) is 0 Å². The SMILES string of the molecule is COc1cc2c(cc1-c1cnc(N3CCC3)s1)CC(C(C)(C)C)n1cc(C(=O)O)c(=O)cc1-2. The van der Waals surface area contributed by atoms with Crippen molar-refractivity contribution in [2.24, 2.45) is 5.41 Å². The Kier molecular flexibility index (Phi) is 5.08. The van der Waals surface area contributed by atoms with Gasteiger partial charge in [-0.25, -0.2) is 9.78 Å². The van der Waals surface area contributed by atoms with Crippen LogP contribution in [-0.4, -0.2) is 40.8 Å². The first kappa shape index (κ1) is 21.7. The molecule has 1 N–H and O–H groups in total. The fourth-order valence-electron chi connectivity index (χ4n) is 4.65. The van der Waals surface area contributed by atoms with E-state index in [1.165, 1.54) is 18.7 Å². The van der Waals surface area contributed by atoms with Crippen molar-refractivity contribution < 1.29 is 14.6 Å². The summed E-state index contributed by atoms with van der Waals surface area (Å²) in [5, 5.41) is 10.5. The number of nitrogens with zero attached hydrogens (tertiary/aromatic N) is 3. The van der Waals surface area contributed by atoms with Gasteiger partial charge in [0, 0.05) is 48.7 Å². The summed E-state index contributed by atoms with van der Waals surface area (Å²) in [5.41, 5.74) is 2.90. The van der Waals surface area contributed by atoms with Crippen molar-refractivity contribution in [2.75, 3.05) is 25.1 Å². The summed E-state index contributed by atoms with van der Waals surface area (Å²) in [7, 11) is 1.64. The molecule has 1 saturated heterocycles. The van der Waals surface area contributed by atoms with Gasteiger partial charge in [-0.2, -0.15) is 0 Å². The maximum absolute atomic E-state index is 12.6. The Hall–Kier alpha value is -3.13. The Morgan fingerprint density at radius 3 is 2.58 bits per heavy atom. The molecule has 7 nitrogen and oxygen atoms in total. The van der Waals surface area contributed by atoms with Gasteiger partial charge in [0.05, 0.1) is 17.7 Å². The molecule has 0 amide bonds. The van der Waals surface area contributed by atoms with Crippen LogP contribution in [0.5, 0.6) is 5.75 Å². The van der Waals surface area contributed by atoms with Gasteiger partial charge in [-0.05, 0) is 36.0 Å². The summed E-state index contributed by atoms with van der Waals surface area (Å²) < 4.78 is 7.72. The minimum atomic E-state index is -1.20. The summed E-state index contributed by atoms with van der Waals surface area (Å²) in [4.78, 5) is 32.2. The van der Waals surface area contributed by atoms with Crippen LogP contribution in [-0.2, 0) is 6.42 Å². The molecule has 4 heterocycles. The summed E-state index contributed by atoms with van der Waals surface area (Å²) in [6, 6.07) is 5.57. The highest BCUT2D eigenvalue weighted by atomic mass is 32.1. The maximum atomic E-state index is 12.6. The van der Waals surface area contributed by atoms with Crippen LogP contribution in [0.4, 0.5) is 5.13 Å². The van der Waals surface area contributed by atoms with Crippen LogP contribution in [0.2, 0.25) is 0 Å². The fraction of sp³-hybridized carbons (Fsp3) is 0.400. The first-order valence-electron chi connectivity index (χ1n) is 11.1. The molecule has 1 unspecified atom stereocenters. The van der Waals surface area contributed by atoms with Crippen LogP contribution in [0.25, 0.3) is 21.7 Å². The number of methoxy groups -OCH3 is 1. The molecule has 0 spiro atoms. The number of rotatable bonds is 4. The van der Waals surface area contributed by atoms with E-state index >= 15 is 0 Å². The molecule has 0 saturated carbocycles. The second-order valence-electron chi connectivity index (χ2n) is 9.79. The third-order valence-electron chi connectivity index (χ3n) is 6.65. The number of benzene rings is 1. The molecule has 8 heteroatoms. The zero-order valence-corrected chi connectivity index (χ0v) is 20.0. The minimum Gasteiger partial charge on any atom is -0.496 e. The highest BCUT2D eigenvalue weighted by molar-refractivity contribution is 7.19. The van der Waals surface area contributed by atoms with Gasteiger partial charge in [0.15, 0.2) is 10.6 Å². The molecular formula is C25H27N3O4S. The molecule has 5 rings (SSSR count). The van der Waals surface area contributed by atoms with Crippen LogP contribution >= 0.6 is 11.3 Å². The second kappa shape index (κ2) is 7.73. The molecule has 0 radical (unpaired) electrons. The Labute approximate surface area is 196 Å². The van der Waals surface area contributed by atoms with Crippen molar-refractivity contribution in [3.05, 3.63) is 51.9 Å². The largest absolute Gasteiger partial charge is 0.496 e. The van der Waals surface area contributed by atoms with E-state index in [0.29, 0.717) is 5.75 Å². The van der Waals surface area contributed by atoms with E-state index in [4.69, 9.17) is 4.74 Å². The number of carboxylic acids is 1. The minimum absolute atomic E-state index is 0.00180. The predicted octanol–water partition coefficient (Wildman–Crippen LogP) is 4.70. The Bertz CT molecular complexity index is 1310. The van der Waals surface area contributed by atoms with Gasteiger partial charge in [-0.1, -0.05) is 32.1 Å². The number of aromatic carboxylic acids is 1.